The van der Waals surface area contributed by atoms with Crippen LogP contribution in [-0.2, 0) is 4.79 Å². The maximum atomic E-state index is 10.9. The average molecular weight is 187 g/mol. The third kappa shape index (κ3) is 1.50. The predicted octanol–water partition coefficient (Wildman–Crippen LogP) is 0.858. The third-order valence-corrected chi connectivity index (χ3v) is 1.92. The number of para-hydroxylation sites is 1. The van der Waals surface area contributed by atoms with Gasteiger partial charge in [0.05, 0.1) is 0 Å². The highest BCUT2D eigenvalue weighted by Crippen LogP contribution is 2.16. The first-order valence-electron chi connectivity index (χ1n) is 4.17. The Morgan fingerprint density at radius 1 is 1.36 bits per heavy atom. The van der Waals surface area contributed by atoms with Crippen molar-refractivity contribution in [3.8, 4) is 0 Å². The summed E-state index contributed by atoms with van der Waals surface area (Å²) in [4.78, 5) is 14.8. The molecule has 1 aromatic carbocycles. The van der Waals surface area contributed by atoms with Crippen LogP contribution in [-0.4, -0.2) is 12.1 Å². The molecule has 0 saturated carbocycles. The van der Waals surface area contributed by atoms with E-state index in [9.17, 15) is 4.79 Å². The van der Waals surface area contributed by atoms with E-state index in [1.807, 2.05) is 24.3 Å². The molecule has 4 heteroatoms. The summed E-state index contributed by atoms with van der Waals surface area (Å²) in [6, 6.07) is 7.62. The van der Waals surface area contributed by atoms with Gasteiger partial charge < -0.3 is 11.1 Å². The number of amides is 1. The quantitative estimate of drug-likeness (QED) is 0.684. The van der Waals surface area contributed by atoms with Crippen LogP contribution in [0, 0.1) is 0 Å². The van der Waals surface area contributed by atoms with Gasteiger partial charge in [0, 0.05) is 23.7 Å². The summed E-state index contributed by atoms with van der Waals surface area (Å²) in [5.41, 5.74) is 7.17. The van der Waals surface area contributed by atoms with Gasteiger partial charge in [0.2, 0.25) is 0 Å². The number of nitrogens with two attached hydrogens (primary N) is 1. The van der Waals surface area contributed by atoms with Crippen molar-refractivity contribution < 1.29 is 4.79 Å². The van der Waals surface area contributed by atoms with E-state index < -0.39 is 5.91 Å². The number of primary amides is 1. The Morgan fingerprint density at radius 2 is 2.14 bits per heavy atom. The molecule has 4 nitrogen and oxygen atoms in total. The number of carbonyl (C=O) groups is 1. The fraction of sp³-hybridized carbons (Fsp3) is 0. The SMILES string of the molecule is NC(=O)C1=CNc2ccccc2C=N1. The molecule has 3 N–H and O–H groups in total. The number of hydrogen-bond donors (Lipinski definition) is 2. The van der Waals surface area contributed by atoms with Crippen molar-refractivity contribution >= 4 is 17.8 Å². The lowest BCUT2D eigenvalue weighted by atomic mass is 10.2. The summed E-state index contributed by atoms with van der Waals surface area (Å²) in [6.45, 7) is 0. The van der Waals surface area contributed by atoms with Crippen molar-refractivity contribution in [2.45, 2.75) is 0 Å². The van der Waals surface area contributed by atoms with Crippen molar-refractivity contribution in [2.75, 3.05) is 5.32 Å². The van der Waals surface area contributed by atoms with Gasteiger partial charge in [0.1, 0.15) is 5.70 Å². The van der Waals surface area contributed by atoms with E-state index in [1.54, 1.807) is 6.21 Å². The van der Waals surface area contributed by atoms with E-state index in [0.29, 0.717) is 0 Å². The van der Waals surface area contributed by atoms with Gasteiger partial charge in [0.25, 0.3) is 5.91 Å². The number of rotatable bonds is 1. The van der Waals surface area contributed by atoms with Gasteiger partial charge in [-0.15, -0.1) is 0 Å². The zero-order chi connectivity index (χ0) is 9.97. The molecule has 70 valence electrons. The summed E-state index contributed by atoms with van der Waals surface area (Å²) in [5.74, 6) is -0.540. The topological polar surface area (TPSA) is 67.5 Å². The molecule has 1 amide bonds. The Kier molecular flexibility index (Phi) is 2.02. The van der Waals surface area contributed by atoms with Crippen LogP contribution in [0.3, 0.4) is 0 Å². The summed E-state index contributed by atoms with van der Waals surface area (Å²) >= 11 is 0. The van der Waals surface area contributed by atoms with Crippen LogP contribution >= 0.6 is 0 Å². The number of hydrogen-bond acceptors (Lipinski definition) is 3. The molecule has 0 unspecified atom stereocenters. The number of nitrogens with one attached hydrogen (secondary N) is 1. The minimum absolute atomic E-state index is 0.223. The predicted molar refractivity (Wildman–Crippen MR) is 54.9 cm³/mol. The molecule has 0 bridgehead atoms. The van der Waals surface area contributed by atoms with Crippen LogP contribution in [0.25, 0.3) is 0 Å². The van der Waals surface area contributed by atoms with Crippen LogP contribution < -0.4 is 11.1 Å². The molecule has 0 fully saturated rings. The van der Waals surface area contributed by atoms with Gasteiger partial charge in [-0.2, -0.15) is 0 Å². The first-order valence-corrected chi connectivity index (χ1v) is 4.17. The smallest absolute Gasteiger partial charge is 0.268 e. The van der Waals surface area contributed by atoms with E-state index in [0.717, 1.165) is 11.3 Å². The van der Waals surface area contributed by atoms with Crippen LogP contribution in [0.1, 0.15) is 5.56 Å². The zero-order valence-corrected chi connectivity index (χ0v) is 7.40. The van der Waals surface area contributed by atoms with Gasteiger partial charge in [0.15, 0.2) is 0 Å². The summed E-state index contributed by atoms with van der Waals surface area (Å²) in [7, 11) is 0. The molecule has 1 aromatic rings. The van der Waals surface area contributed by atoms with Gasteiger partial charge in [-0.05, 0) is 6.07 Å². The van der Waals surface area contributed by atoms with Crippen molar-refractivity contribution in [3.05, 3.63) is 41.7 Å². The van der Waals surface area contributed by atoms with E-state index >= 15 is 0 Å². The first kappa shape index (κ1) is 8.50. The van der Waals surface area contributed by atoms with Crippen molar-refractivity contribution in [2.24, 2.45) is 10.7 Å². The average Bonchev–Trinajstić information content (AvgIpc) is 2.39. The second kappa shape index (κ2) is 3.33. The Labute approximate surface area is 81.1 Å². The third-order valence-electron chi connectivity index (χ3n) is 1.92. The Balaban J connectivity index is 2.41. The molecule has 1 aliphatic rings. The Morgan fingerprint density at radius 3 is 2.93 bits per heavy atom. The second-order valence-electron chi connectivity index (χ2n) is 2.88. The van der Waals surface area contributed by atoms with Gasteiger partial charge >= 0.3 is 0 Å². The standard InChI is InChI=1S/C10H9N3O/c11-10(14)9-6-13-8-4-2-1-3-7(8)5-12-9/h1-6,13H,(H2,11,14). The van der Waals surface area contributed by atoms with E-state index in [2.05, 4.69) is 10.3 Å². The minimum atomic E-state index is -0.540. The van der Waals surface area contributed by atoms with Crippen molar-refractivity contribution in [1.29, 1.82) is 0 Å². The highest BCUT2D eigenvalue weighted by Gasteiger charge is 2.06. The number of fused-ring (bicyclic) bond motifs is 1. The summed E-state index contributed by atoms with van der Waals surface area (Å²) < 4.78 is 0. The maximum Gasteiger partial charge on any atom is 0.268 e. The highest BCUT2D eigenvalue weighted by molar-refractivity contribution is 5.98. The van der Waals surface area contributed by atoms with Gasteiger partial charge in [-0.3, -0.25) is 4.79 Å². The zero-order valence-electron chi connectivity index (χ0n) is 7.40. The van der Waals surface area contributed by atoms with Crippen LogP contribution in [0.5, 0.6) is 0 Å². The maximum absolute atomic E-state index is 10.9. The molecule has 0 saturated heterocycles. The lowest BCUT2D eigenvalue weighted by Gasteiger charge is -2.01. The van der Waals surface area contributed by atoms with Crippen LogP contribution in [0.4, 0.5) is 5.69 Å². The molecular weight excluding hydrogens is 178 g/mol. The Hall–Kier alpha value is -2.10. The largest absolute Gasteiger partial charge is 0.364 e. The number of nitrogens with zero attached hydrogens (tertiary/aromatic N) is 1. The number of benzene rings is 1. The lowest BCUT2D eigenvalue weighted by molar-refractivity contribution is -0.114. The molecule has 0 radical (unpaired) electrons. The van der Waals surface area contributed by atoms with Crippen molar-refractivity contribution in [1.82, 2.24) is 0 Å². The fourth-order valence-corrected chi connectivity index (χ4v) is 1.20. The number of carbonyl (C=O) groups excluding carboxylic acids is 1. The van der Waals surface area contributed by atoms with Crippen LogP contribution in [0.15, 0.2) is 41.2 Å². The molecule has 1 heterocycles. The van der Waals surface area contributed by atoms with Gasteiger partial charge in [-0.1, -0.05) is 18.2 Å². The Bertz CT molecular complexity index is 435. The van der Waals surface area contributed by atoms with E-state index in [-0.39, 0.29) is 5.70 Å². The molecule has 1 aliphatic heterocycles. The fourth-order valence-electron chi connectivity index (χ4n) is 1.20. The summed E-state index contributed by atoms with van der Waals surface area (Å²) in [6.07, 6.45) is 3.12. The van der Waals surface area contributed by atoms with Crippen LogP contribution in [0.2, 0.25) is 0 Å². The second-order valence-corrected chi connectivity index (χ2v) is 2.88. The molecule has 0 aliphatic carbocycles. The molecule has 14 heavy (non-hydrogen) atoms. The summed E-state index contributed by atoms with van der Waals surface area (Å²) in [5, 5.41) is 2.97. The highest BCUT2D eigenvalue weighted by atomic mass is 16.1. The first-order chi connectivity index (χ1) is 6.77. The normalized spacial score (nSPS) is 13.6. The number of anilines is 1. The minimum Gasteiger partial charge on any atom is -0.364 e. The monoisotopic (exact) mass is 187 g/mol. The number of aliphatic imine (C=N–C) groups is 1. The molecule has 0 aromatic heterocycles. The lowest BCUT2D eigenvalue weighted by Crippen LogP contribution is -2.13. The molecule has 2 rings (SSSR count). The molecule has 0 atom stereocenters. The van der Waals surface area contributed by atoms with E-state index in [1.165, 1.54) is 6.20 Å². The van der Waals surface area contributed by atoms with Crippen molar-refractivity contribution in [3.63, 3.8) is 0 Å². The molecular formula is C10H9N3O. The van der Waals surface area contributed by atoms with E-state index in [4.69, 9.17) is 5.73 Å². The molecule has 0 spiro atoms. The van der Waals surface area contributed by atoms with Gasteiger partial charge in [-0.25, -0.2) is 4.99 Å².